The minimum Gasteiger partial charge on any atom is -0.491 e. The van der Waals surface area contributed by atoms with E-state index in [2.05, 4.69) is 16.8 Å². The third kappa shape index (κ3) is 3.95. The van der Waals surface area contributed by atoms with Gasteiger partial charge < -0.3 is 19.4 Å². The zero-order valence-corrected chi connectivity index (χ0v) is 19.0. The number of hydrogen-bond donors (Lipinski definition) is 1. The summed E-state index contributed by atoms with van der Waals surface area (Å²) in [5.74, 6) is 0.863. The third-order valence-electron chi connectivity index (χ3n) is 6.08. The second-order valence-electron chi connectivity index (χ2n) is 8.30. The first kappa shape index (κ1) is 21.9. The molecule has 32 heavy (non-hydrogen) atoms. The van der Waals surface area contributed by atoms with E-state index in [9.17, 15) is 9.59 Å². The van der Waals surface area contributed by atoms with Crippen molar-refractivity contribution in [2.45, 2.75) is 33.6 Å². The number of aromatic nitrogens is 2. The van der Waals surface area contributed by atoms with Crippen molar-refractivity contribution in [3.8, 4) is 17.0 Å². The van der Waals surface area contributed by atoms with Gasteiger partial charge in [-0.05, 0) is 44.7 Å². The van der Waals surface area contributed by atoms with Crippen LogP contribution in [-0.4, -0.2) is 42.7 Å². The minimum absolute atomic E-state index is 0.0574. The molecule has 0 aliphatic carbocycles. The number of esters is 1. The molecule has 0 atom stereocenters. The van der Waals surface area contributed by atoms with Crippen molar-refractivity contribution in [3.05, 3.63) is 51.8 Å². The van der Waals surface area contributed by atoms with Crippen LogP contribution in [0, 0.1) is 12.8 Å². The number of nitrogens with one attached hydrogen (secondary N) is 1. The Morgan fingerprint density at radius 3 is 2.66 bits per heavy atom. The molecule has 1 fully saturated rings. The van der Waals surface area contributed by atoms with Crippen LogP contribution in [0.5, 0.6) is 5.75 Å². The molecule has 1 N–H and O–H groups in total. The molecule has 0 unspecified atom stereocenters. The smallest absolute Gasteiger partial charge is 0.344 e. The average Bonchev–Trinajstić information content (AvgIpc) is 2.78. The Morgan fingerprint density at radius 2 is 1.97 bits per heavy atom. The van der Waals surface area contributed by atoms with Gasteiger partial charge >= 0.3 is 5.97 Å². The fourth-order valence-electron chi connectivity index (χ4n) is 4.30. The topological polar surface area (TPSA) is 84.5 Å². The molecular weight excluding hydrogens is 406 g/mol. The van der Waals surface area contributed by atoms with Gasteiger partial charge in [0, 0.05) is 24.0 Å². The van der Waals surface area contributed by atoms with Crippen molar-refractivity contribution in [1.29, 1.82) is 0 Å². The van der Waals surface area contributed by atoms with Crippen molar-refractivity contribution in [2.75, 3.05) is 31.7 Å². The SMILES string of the molecule is CCOC(=O)c1c(-c2cc3ccccc3nc2N2CCC(C)CC2)[nH]c(C)c(OC)c1=O. The first-order valence-electron chi connectivity index (χ1n) is 11.1. The van der Waals surface area contributed by atoms with Crippen molar-refractivity contribution in [1.82, 2.24) is 9.97 Å². The van der Waals surface area contributed by atoms with Gasteiger partial charge in [0.15, 0.2) is 5.75 Å². The summed E-state index contributed by atoms with van der Waals surface area (Å²) in [6.07, 6.45) is 2.13. The number of aromatic amines is 1. The molecular formula is C25H29N3O4. The molecule has 2 aromatic heterocycles. The van der Waals surface area contributed by atoms with E-state index in [1.54, 1.807) is 13.8 Å². The molecule has 1 aromatic carbocycles. The Bertz CT molecular complexity index is 1210. The predicted octanol–water partition coefficient (Wildman–Crippen LogP) is 4.32. The molecule has 0 bridgehead atoms. The number of nitrogens with zero attached hydrogens (tertiary/aromatic N) is 2. The van der Waals surface area contributed by atoms with Gasteiger partial charge in [-0.25, -0.2) is 9.78 Å². The zero-order valence-electron chi connectivity index (χ0n) is 19.0. The quantitative estimate of drug-likeness (QED) is 0.601. The Morgan fingerprint density at radius 1 is 1.25 bits per heavy atom. The van der Waals surface area contributed by atoms with E-state index in [1.165, 1.54) is 7.11 Å². The summed E-state index contributed by atoms with van der Waals surface area (Å²) in [4.78, 5) is 36.6. The zero-order chi connectivity index (χ0) is 22.8. The highest BCUT2D eigenvalue weighted by atomic mass is 16.5. The number of piperidine rings is 1. The van der Waals surface area contributed by atoms with E-state index < -0.39 is 11.4 Å². The Labute approximate surface area is 187 Å². The molecule has 0 radical (unpaired) electrons. The highest BCUT2D eigenvalue weighted by Gasteiger charge is 2.28. The second kappa shape index (κ2) is 9.02. The maximum Gasteiger partial charge on any atom is 0.344 e. The molecule has 168 valence electrons. The van der Waals surface area contributed by atoms with Crippen LogP contribution >= 0.6 is 0 Å². The van der Waals surface area contributed by atoms with Crippen LogP contribution in [0.15, 0.2) is 35.1 Å². The van der Waals surface area contributed by atoms with Crippen LogP contribution in [0.4, 0.5) is 5.82 Å². The number of H-pyrrole nitrogens is 1. The fourth-order valence-corrected chi connectivity index (χ4v) is 4.30. The van der Waals surface area contributed by atoms with Gasteiger partial charge in [-0.2, -0.15) is 0 Å². The number of pyridine rings is 2. The first-order valence-corrected chi connectivity index (χ1v) is 11.1. The largest absolute Gasteiger partial charge is 0.491 e. The van der Waals surface area contributed by atoms with Crippen molar-refractivity contribution < 1.29 is 14.3 Å². The summed E-state index contributed by atoms with van der Waals surface area (Å²) in [6.45, 7) is 7.64. The van der Waals surface area contributed by atoms with E-state index >= 15 is 0 Å². The molecule has 3 aromatic rings. The van der Waals surface area contributed by atoms with Gasteiger partial charge in [-0.15, -0.1) is 0 Å². The van der Waals surface area contributed by atoms with Crippen molar-refractivity contribution in [3.63, 3.8) is 0 Å². The monoisotopic (exact) mass is 435 g/mol. The molecule has 0 spiro atoms. The summed E-state index contributed by atoms with van der Waals surface area (Å²) in [5.41, 5.74) is 2.01. The number of carbonyl (C=O) groups excluding carboxylic acids is 1. The highest BCUT2D eigenvalue weighted by Crippen LogP contribution is 2.35. The number of methoxy groups -OCH3 is 1. The maximum atomic E-state index is 13.2. The molecule has 0 saturated carbocycles. The van der Waals surface area contributed by atoms with E-state index in [4.69, 9.17) is 14.5 Å². The number of carbonyl (C=O) groups is 1. The van der Waals surface area contributed by atoms with Crippen LogP contribution in [0.1, 0.15) is 42.7 Å². The van der Waals surface area contributed by atoms with Crippen LogP contribution in [0.2, 0.25) is 0 Å². The number of anilines is 1. The summed E-state index contributed by atoms with van der Waals surface area (Å²) in [7, 11) is 1.42. The number of rotatable bonds is 5. The Hall–Kier alpha value is -3.35. The number of fused-ring (bicyclic) bond motifs is 1. The maximum absolute atomic E-state index is 13.2. The number of ether oxygens (including phenoxy) is 2. The number of para-hydroxylation sites is 1. The summed E-state index contributed by atoms with van der Waals surface area (Å²) < 4.78 is 10.5. The highest BCUT2D eigenvalue weighted by molar-refractivity contribution is 6.00. The van der Waals surface area contributed by atoms with Crippen LogP contribution < -0.4 is 15.1 Å². The van der Waals surface area contributed by atoms with Gasteiger partial charge in [0.05, 0.1) is 30.6 Å². The summed E-state index contributed by atoms with van der Waals surface area (Å²) >= 11 is 0. The first-order chi connectivity index (χ1) is 15.4. The number of aryl methyl sites for hydroxylation is 1. The lowest BCUT2D eigenvalue weighted by Crippen LogP contribution is -2.34. The van der Waals surface area contributed by atoms with E-state index in [-0.39, 0.29) is 17.9 Å². The average molecular weight is 436 g/mol. The number of benzene rings is 1. The summed E-state index contributed by atoms with van der Waals surface area (Å²) in [5, 5.41) is 0.931. The van der Waals surface area contributed by atoms with Gasteiger partial charge in [0.25, 0.3) is 0 Å². The fraction of sp³-hybridized carbons (Fsp3) is 0.400. The van der Waals surface area contributed by atoms with Crippen LogP contribution in [0.25, 0.3) is 22.2 Å². The van der Waals surface area contributed by atoms with Crippen LogP contribution in [0.3, 0.4) is 0 Å². The normalized spacial score (nSPS) is 14.6. The Balaban J connectivity index is 2.01. The van der Waals surface area contributed by atoms with Gasteiger partial charge in [0.2, 0.25) is 5.43 Å². The molecule has 7 heteroatoms. The van der Waals surface area contributed by atoms with Crippen molar-refractivity contribution in [2.24, 2.45) is 5.92 Å². The lowest BCUT2D eigenvalue weighted by molar-refractivity contribution is 0.0525. The van der Waals surface area contributed by atoms with E-state index in [1.807, 2.05) is 30.3 Å². The Kier molecular flexibility index (Phi) is 6.17. The summed E-state index contributed by atoms with van der Waals surface area (Å²) in [6, 6.07) is 9.86. The van der Waals surface area contributed by atoms with E-state index in [0.717, 1.165) is 42.7 Å². The van der Waals surface area contributed by atoms with Gasteiger partial charge in [-0.3, -0.25) is 4.79 Å². The molecule has 1 aliphatic heterocycles. The second-order valence-corrected chi connectivity index (χ2v) is 8.30. The predicted molar refractivity (Wildman–Crippen MR) is 126 cm³/mol. The molecule has 7 nitrogen and oxygen atoms in total. The standard InChI is InChI=1S/C25H29N3O4/c1-5-32-25(30)20-21(26-16(3)23(31-4)22(20)29)18-14-17-8-6-7-9-19(17)27-24(18)28-12-10-15(2)11-13-28/h6-9,14-15H,5,10-13H2,1-4H3,(H,26,29). The minimum atomic E-state index is -0.673. The van der Waals surface area contributed by atoms with E-state index in [0.29, 0.717) is 22.9 Å². The lowest BCUT2D eigenvalue weighted by Gasteiger charge is -2.33. The van der Waals surface area contributed by atoms with Crippen LogP contribution in [-0.2, 0) is 4.74 Å². The number of hydrogen-bond acceptors (Lipinski definition) is 6. The molecule has 1 saturated heterocycles. The molecule has 3 heterocycles. The third-order valence-corrected chi connectivity index (χ3v) is 6.08. The lowest BCUT2D eigenvalue weighted by atomic mass is 9.97. The molecule has 1 aliphatic rings. The molecule has 0 amide bonds. The van der Waals surface area contributed by atoms with Crippen molar-refractivity contribution >= 4 is 22.7 Å². The molecule has 4 rings (SSSR count). The van der Waals surface area contributed by atoms with Gasteiger partial charge in [0.1, 0.15) is 11.4 Å². The van der Waals surface area contributed by atoms with Gasteiger partial charge in [-0.1, -0.05) is 25.1 Å².